The van der Waals surface area contributed by atoms with E-state index in [9.17, 15) is 19.5 Å². The third-order valence-corrected chi connectivity index (χ3v) is 9.11. The predicted octanol–water partition coefficient (Wildman–Crippen LogP) is 3.65. The van der Waals surface area contributed by atoms with Gasteiger partial charge in [-0.1, -0.05) is 95.6 Å². The number of aliphatic hydroxyl groups excluding tert-OH is 1. The molecule has 2 N–H and O–H groups in total. The van der Waals surface area contributed by atoms with Crippen LogP contribution in [0.3, 0.4) is 0 Å². The number of aliphatic hydroxyl groups is 1. The highest BCUT2D eigenvalue weighted by atomic mass is 31.2. The maximum atomic E-state index is 12.0. The maximum Gasteiger partial charge on any atom is 0.295 e. The summed E-state index contributed by atoms with van der Waals surface area (Å²) in [7, 11) is 1.15. The number of rotatable bonds is 30. The van der Waals surface area contributed by atoms with Crippen LogP contribution in [-0.4, -0.2) is 103 Å². The molecule has 5 unspecified atom stereocenters. The number of nitrogens with one attached hydrogen (secondary N) is 1. The summed E-state index contributed by atoms with van der Waals surface area (Å²) in [5, 5.41) is 21.9. The molecule has 2 heterocycles. The van der Waals surface area contributed by atoms with Crippen LogP contribution >= 0.6 is 8.38 Å². The second-order valence-corrected chi connectivity index (χ2v) is 13.1. The molecule has 48 heavy (non-hydrogen) atoms. The second-order valence-electron chi connectivity index (χ2n) is 11.6. The number of unbranched alkanes of at least 4 members (excludes halogenated alkanes) is 13. The van der Waals surface area contributed by atoms with Crippen molar-refractivity contribution >= 4 is 32.6 Å². The SMILES string of the molecule is CCCCCCCCCCCCCCCCOC1C(O)C(Cn2cc(P(OCOC)OCOC=O)nn2)OC1N(C=O)/C=C\C(=O)NC. The van der Waals surface area contributed by atoms with Gasteiger partial charge in [0.1, 0.15) is 18.3 Å². The number of likely N-dealkylation sites (N-methyl/N-ethyl adjacent to an activating group) is 1. The van der Waals surface area contributed by atoms with E-state index in [0.717, 1.165) is 19.3 Å². The summed E-state index contributed by atoms with van der Waals surface area (Å²) in [6, 6.07) is 0. The monoisotopic (exact) mass is 701 g/mol. The summed E-state index contributed by atoms with van der Waals surface area (Å²) in [6.45, 7) is 2.51. The van der Waals surface area contributed by atoms with Gasteiger partial charge in [-0.25, -0.2) is 4.68 Å². The lowest BCUT2D eigenvalue weighted by atomic mass is 10.0. The molecule has 274 valence electrons. The molecular formula is C32H56N5O10P. The van der Waals surface area contributed by atoms with Crippen LogP contribution in [0.25, 0.3) is 0 Å². The Hall–Kier alpha value is -2.52. The molecule has 5 atom stereocenters. The number of methoxy groups -OCH3 is 1. The molecule has 0 aromatic carbocycles. The Bertz CT molecular complexity index is 1040. The van der Waals surface area contributed by atoms with Crippen molar-refractivity contribution in [2.45, 2.75) is 128 Å². The first kappa shape index (κ1) is 41.7. The summed E-state index contributed by atoms with van der Waals surface area (Å²) in [4.78, 5) is 35.5. The number of carbonyl (C=O) groups excluding carboxylic acids is 3. The maximum absolute atomic E-state index is 12.0. The molecule has 0 aliphatic carbocycles. The van der Waals surface area contributed by atoms with E-state index in [1.807, 2.05) is 0 Å². The molecule has 1 aliphatic rings. The van der Waals surface area contributed by atoms with E-state index in [1.54, 1.807) is 6.20 Å². The predicted molar refractivity (Wildman–Crippen MR) is 178 cm³/mol. The Morgan fingerprint density at radius 1 is 1.02 bits per heavy atom. The van der Waals surface area contributed by atoms with Gasteiger partial charge in [-0.3, -0.25) is 23.8 Å². The van der Waals surface area contributed by atoms with Crippen molar-refractivity contribution in [2.24, 2.45) is 0 Å². The second kappa shape index (κ2) is 26.4. The van der Waals surface area contributed by atoms with Crippen LogP contribution in [0.4, 0.5) is 0 Å². The number of nitrogens with zero attached hydrogens (tertiary/aromatic N) is 4. The molecule has 15 nitrogen and oxygen atoms in total. The number of amides is 2. The highest BCUT2D eigenvalue weighted by Gasteiger charge is 2.47. The van der Waals surface area contributed by atoms with E-state index in [4.69, 9.17) is 23.3 Å². The van der Waals surface area contributed by atoms with Crippen LogP contribution in [0, 0.1) is 0 Å². The molecular weight excluding hydrogens is 645 g/mol. The van der Waals surface area contributed by atoms with Gasteiger partial charge in [0.05, 0.1) is 12.7 Å². The standard InChI is InChI=1S/C32H56N5O10P/c1-4-5-6-7-8-9-10-11-12-13-14-15-16-17-20-44-31-30(41)27(47-32(31)36(23-38)19-18-28(40)33-2)21-37-22-29(34-35-37)48(45-25-42-3)46-26-43-24-39/h18-19,22-24,27,30-32,41H,4-17,20-21,25-26H2,1-3H3,(H,33,40)/b19-18-. The molecule has 0 spiro atoms. The first-order chi connectivity index (χ1) is 23.5. The van der Waals surface area contributed by atoms with Crippen LogP contribution < -0.4 is 10.8 Å². The molecule has 1 fully saturated rings. The van der Waals surface area contributed by atoms with Gasteiger partial charge in [-0.15, -0.1) is 5.10 Å². The molecule has 1 aliphatic heterocycles. The fourth-order valence-corrected chi connectivity index (χ4v) is 6.28. The van der Waals surface area contributed by atoms with Crippen molar-refractivity contribution in [1.29, 1.82) is 0 Å². The third-order valence-electron chi connectivity index (χ3n) is 7.86. The van der Waals surface area contributed by atoms with Gasteiger partial charge in [0.25, 0.3) is 6.47 Å². The summed E-state index contributed by atoms with van der Waals surface area (Å²) < 4.78 is 34.1. The molecule has 1 aromatic rings. The molecule has 2 amide bonds. The third kappa shape index (κ3) is 16.3. The molecule has 1 aromatic heterocycles. The lowest BCUT2D eigenvalue weighted by Crippen LogP contribution is -2.43. The van der Waals surface area contributed by atoms with Gasteiger partial charge in [0.15, 0.2) is 25.2 Å². The Labute approximate surface area is 285 Å². The van der Waals surface area contributed by atoms with Gasteiger partial charge in [0.2, 0.25) is 20.7 Å². The first-order valence-corrected chi connectivity index (χ1v) is 18.2. The molecule has 1 saturated heterocycles. The molecule has 2 rings (SSSR count). The number of aromatic nitrogens is 3. The van der Waals surface area contributed by atoms with E-state index < -0.39 is 38.8 Å². The Balaban J connectivity index is 1.89. The van der Waals surface area contributed by atoms with Crippen molar-refractivity contribution in [3.8, 4) is 0 Å². The van der Waals surface area contributed by atoms with Crippen molar-refractivity contribution in [3.63, 3.8) is 0 Å². The summed E-state index contributed by atoms with van der Waals surface area (Å²) >= 11 is 0. The van der Waals surface area contributed by atoms with Crippen LogP contribution in [0.5, 0.6) is 0 Å². The number of hydrogen-bond donors (Lipinski definition) is 2. The van der Waals surface area contributed by atoms with Gasteiger partial charge in [0, 0.05) is 33.0 Å². The first-order valence-electron chi connectivity index (χ1n) is 17.1. The molecule has 0 saturated carbocycles. The average Bonchev–Trinajstić information content (AvgIpc) is 3.68. The fourth-order valence-electron chi connectivity index (χ4n) is 5.24. The minimum absolute atomic E-state index is 0.0630. The van der Waals surface area contributed by atoms with Gasteiger partial charge in [-0.2, -0.15) is 0 Å². The van der Waals surface area contributed by atoms with E-state index in [2.05, 4.69) is 27.3 Å². The molecule has 0 bridgehead atoms. The van der Waals surface area contributed by atoms with E-state index >= 15 is 0 Å². The van der Waals surface area contributed by atoms with Crippen LogP contribution in [0.15, 0.2) is 18.5 Å². The Kier molecular flexibility index (Phi) is 22.9. The van der Waals surface area contributed by atoms with E-state index in [1.165, 1.54) is 107 Å². The normalized spacial score (nSPS) is 19.8. The fraction of sp³-hybridized carbons (Fsp3) is 0.781. The molecule has 0 radical (unpaired) electrons. The van der Waals surface area contributed by atoms with E-state index in [0.29, 0.717) is 18.5 Å². The minimum atomic E-state index is -1.78. The zero-order valence-corrected chi connectivity index (χ0v) is 29.7. The zero-order valence-electron chi connectivity index (χ0n) is 28.8. The van der Waals surface area contributed by atoms with Gasteiger partial charge < -0.3 is 33.9 Å². The topological polar surface area (TPSA) is 173 Å². The lowest BCUT2D eigenvalue weighted by molar-refractivity contribution is -0.136. The van der Waals surface area contributed by atoms with Gasteiger partial charge in [-0.05, 0) is 6.42 Å². The smallest absolute Gasteiger partial charge is 0.295 e. The van der Waals surface area contributed by atoms with Crippen molar-refractivity contribution < 1.29 is 47.5 Å². The largest absolute Gasteiger partial charge is 0.440 e. The van der Waals surface area contributed by atoms with Crippen molar-refractivity contribution in [1.82, 2.24) is 25.2 Å². The Morgan fingerprint density at radius 3 is 2.23 bits per heavy atom. The zero-order chi connectivity index (χ0) is 34.8. The van der Waals surface area contributed by atoms with Gasteiger partial charge >= 0.3 is 0 Å². The number of ether oxygens (including phenoxy) is 4. The van der Waals surface area contributed by atoms with Crippen molar-refractivity contribution in [2.75, 3.05) is 34.4 Å². The van der Waals surface area contributed by atoms with Crippen molar-refractivity contribution in [3.05, 3.63) is 18.5 Å². The van der Waals surface area contributed by atoms with Crippen LogP contribution in [0.1, 0.15) is 96.8 Å². The quantitative estimate of drug-likeness (QED) is 0.0393. The minimum Gasteiger partial charge on any atom is -0.440 e. The number of carbonyl (C=O) groups is 3. The Morgan fingerprint density at radius 2 is 1.65 bits per heavy atom. The average molecular weight is 702 g/mol. The summed E-state index contributed by atoms with van der Waals surface area (Å²) in [5.41, 5.74) is 0.328. The van der Waals surface area contributed by atoms with E-state index in [-0.39, 0.29) is 26.6 Å². The summed E-state index contributed by atoms with van der Waals surface area (Å²) in [6.07, 6.45) is 18.1. The highest BCUT2D eigenvalue weighted by molar-refractivity contribution is 7.55. The number of hydrogen-bond acceptors (Lipinski definition) is 12. The highest BCUT2D eigenvalue weighted by Crippen LogP contribution is 2.36. The van der Waals surface area contributed by atoms with Crippen LogP contribution in [-0.2, 0) is 48.9 Å². The molecule has 16 heteroatoms. The lowest BCUT2D eigenvalue weighted by Gasteiger charge is -2.26. The summed E-state index contributed by atoms with van der Waals surface area (Å²) in [5.74, 6) is -0.403. The van der Waals surface area contributed by atoms with Crippen LogP contribution in [0.2, 0.25) is 0 Å².